The molecular weight excluding hydrogens is 554 g/mol. The number of nitrogens with two attached hydrogens (primary N) is 3. The van der Waals surface area contributed by atoms with Gasteiger partial charge >= 0.3 is 5.97 Å². The normalized spacial score (nSPS) is 19.3. The molecule has 2 atom stereocenters. The Labute approximate surface area is 228 Å². The predicted molar refractivity (Wildman–Crippen MR) is 145 cm³/mol. The zero-order valence-electron chi connectivity index (χ0n) is 19.9. The highest BCUT2D eigenvalue weighted by Crippen LogP contribution is 2.40. The van der Waals surface area contributed by atoms with Crippen LogP contribution in [-0.2, 0) is 19.2 Å². The highest BCUT2D eigenvalue weighted by molar-refractivity contribution is 8.00. The van der Waals surface area contributed by atoms with Crippen LogP contribution in [0.15, 0.2) is 45.1 Å². The first-order valence-corrected chi connectivity index (χ1v) is 13.9. The molecule has 2 amide bonds. The molecule has 0 bridgehead atoms. The van der Waals surface area contributed by atoms with Crippen molar-refractivity contribution < 1.29 is 24.3 Å². The first kappa shape index (κ1) is 27.2. The van der Waals surface area contributed by atoms with Crippen LogP contribution >= 0.6 is 34.9 Å². The third-order valence-corrected chi connectivity index (χ3v) is 7.98. The predicted octanol–water partition coefficient (Wildman–Crippen LogP) is 0.507. The summed E-state index contributed by atoms with van der Waals surface area (Å²) in [4.78, 5) is 56.2. The highest BCUT2D eigenvalue weighted by Gasteiger charge is 2.54. The van der Waals surface area contributed by atoms with Crippen molar-refractivity contribution >= 4 is 75.3 Å². The molecular formula is C21H23N9O5S3. The monoisotopic (exact) mass is 577 g/mol. The Hall–Kier alpha value is -3.83. The van der Waals surface area contributed by atoms with Gasteiger partial charge in [0.1, 0.15) is 40.3 Å². The molecule has 1 fully saturated rings. The van der Waals surface area contributed by atoms with Crippen LogP contribution in [0, 0.1) is 0 Å². The van der Waals surface area contributed by atoms with Gasteiger partial charge in [-0.3, -0.25) is 14.5 Å². The molecule has 200 valence electrons. The number of fused-ring (bicyclic) bond motifs is 1. The van der Waals surface area contributed by atoms with Gasteiger partial charge in [-0.25, -0.2) is 14.8 Å². The molecule has 0 radical (unpaired) electrons. The van der Waals surface area contributed by atoms with E-state index >= 15 is 0 Å². The topological polar surface area (TPSA) is 225 Å². The van der Waals surface area contributed by atoms with Crippen LogP contribution in [0.4, 0.5) is 16.9 Å². The Morgan fingerprint density at radius 3 is 2.79 bits per heavy atom. The van der Waals surface area contributed by atoms with Gasteiger partial charge < -0.3 is 32.5 Å². The second-order valence-electron chi connectivity index (χ2n) is 7.67. The number of nitrogens with zero attached hydrogens (tertiary/aromatic N) is 5. The lowest BCUT2D eigenvalue weighted by Crippen LogP contribution is -2.71. The van der Waals surface area contributed by atoms with E-state index in [0.717, 1.165) is 11.3 Å². The first-order valence-electron chi connectivity index (χ1n) is 11.0. The number of carbonyl (C=O) groups is 3. The van der Waals surface area contributed by atoms with Gasteiger partial charge in [-0.05, 0) is 12.5 Å². The fourth-order valence-electron chi connectivity index (χ4n) is 3.57. The molecule has 4 heterocycles. The summed E-state index contributed by atoms with van der Waals surface area (Å²) < 4.78 is 0. The van der Waals surface area contributed by atoms with Gasteiger partial charge in [-0.2, -0.15) is 4.98 Å². The number of carbonyl (C=O) groups excluding carboxylic acids is 2. The van der Waals surface area contributed by atoms with Gasteiger partial charge in [0.05, 0.1) is 0 Å². The molecule has 2 aromatic rings. The zero-order valence-corrected chi connectivity index (χ0v) is 22.3. The van der Waals surface area contributed by atoms with Crippen LogP contribution < -0.4 is 22.5 Å². The molecule has 0 unspecified atom stereocenters. The fourth-order valence-corrected chi connectivity index (χ4v) is 6.16. The summed E-state index contributed by atoms with van der Waals surface area (Å²) in [5.41, 5.74) is 17.4. The van der Waals surface area contributed by atoms with Crippen molar-refractivity contribution in [3.8, 4) is 0 Å². The van der Waals surface area contributed by atoms with E-state index in [1.165, 1.54) is 28.4 Å². The molecule has 0 spiro atoms. The van der Waals surface area contributed by atoms with E-state index in [9.17, 15) is 19.5 Å². The smallest absolute Gasteiger partial charge is 0.352 e. The molecule has 1 saturated heterocycles. The van der Waals surface area contributed by atoms with Crippen molar-refractivity contribution in [3.63, 3.8) is 0 Å². The van der Waals surface area contributed by atoms with Crippen LogP contribution in [0.25, 0.3) is 0 Å². The number of hydrogen-bond acceptors (Lipinski definition) is 14. The number of hydrogen-bond donors (Lipinski definition) is 5. The summed E-state index contributed by atoms with van der Waals surface area (Å²) >= 11 is 3.81. The molecule has 2 aliphatic heterocycles. The van der Waals surface area contributed by atoms with E-state index < -0.39 is 29.2 Å². The van der Waals surface area contributed by atoms with Crippen LogP contribution in [0.2, 0.25) is 0 Å². The fraction of sp³-hybridized carbons (Fsp3) is 0.286. The highest BCUT2D eigenvalue weighted by atomic mass is 32.2. The van der Waals surface area contributed by atoms with Crippen LogP contribution in [0.5, 0.6) is 0 Å². The second kappa shape index (κ2) is 11.7. The van der Waals surface area contributed by atoms with Crippen molar-refractivity contribution in [2.45, 2.75) is 23.4 Å². The van der Waals surface area contributed by atoms with Crippen molar-refractivity contribution in [3.05, 3.63) is 40.6 Å². The van der Waals surface area contributed by atoms with E-state index in [-0.39, 0.29) is 40.6 Å². The molecule has 4 rings (SSSR count). The number of rotatable bonds is 10. The molecule has 14 nitrogen and oxygen atoms in total. The zero-order chi connectivity index (χ0) is 27.4. The lowest BCUT2D eigenvalue weighted by atomic mass is 10.0. The number of aromatic nitrogens is 3. The minimum Gasteiger partial charge on any atom is -0.477 e. The van der Waals surface area contributed by atoms with Gasteiger partial charge in [0, 0.05) is 23.0 Å². The number of nitrogen functional groups attached to an aromatic ring is 3. The van der Waals surface area contributed by atoms with Crippen LogP contribution in [-0.4, -0.2) is 78.0 Å². The van der Waals surface area contributed by atoms with Gasteiger partial charge in [0.2, 0.25) is 5.95 Å². The summed E-state index contributed by atoms with van der Waals surface area (Å²) in [7, 11) is 0. The molecule has 0 aliphatic carbocycles. The minimum absolute atomic E-state index is 0.0620. The van der Waals surface area contributed by atoms with E-state index in [4.69, 9.17) is 22.0 Å². The number of amides is 2. The molecule has 17 heteroatoms. The summed E-state index contributed by atoms with van der Waals surface area (Å²) in [5.74, 6) is -1.39. The Bertz CT molecular complexity index is 1340. The third kappa shape index (κ3) is 5.84. The molecule has 0 aromatic carbocycles. The van der Waals surface area contributed by atoms with Gasteiger partial charge in [0.25, 0.3) is 11.8 Å². The number of carboxylic acid groups (broad SMARTS) is 1. The summed E-state index contributed by atoms with van der Waals surface area (Å²) in [6.07, 6.45) is 3.42. The van der Waals surface area contributed by atoms with Crippen molar-refractivity contribution in [1.29, 1.82) is 0 Å². The standard InChI is InChI=1S/C21H23N9O5S3/c1-2-35-29-13(10-8-38-21(24)25-10)16(31)28-14-17(32)30-15(19(33)34)9(7-37-18(14)30)4-3-5-36-12-6-11(22)26-20(23)27-12/h3-4,6,8,14,18H,2,5,7H2,1H3,(H2,24,25)(H,28,31)(H,33,34)(H4,22,23,26,27)/b4-3+,29-13-/t14-,18-/m1/s1. The van der Waals surface area contributed by atoms with Crippen molar-refractivity contribution in [2.24, 2.45) is 5.16 Å². The van der Waals surface area contributed by atoms with E-state index in [1.807, 2.05) is 0 Å². The Morgan fingerprint density at radius 2 is 2.13 bits per heavy atom. The Morgan fingerprint density at radius 1 is 1.34 bits per heavy atom. The van der Waals surface area contributed by atoms with Crippen LogP contribution in [0.1, 0.15) is 12.6 Å². The van der Waals surface area contributed by atoms with Crippen molar-refractivity contribution in [2.75, 3.05) is 35.3 Å². The molecule has 8 N–H and O–H groups in total. The third-order valence-electron chi connectivity index (χ3n) is 5.14. The number of β-lactam (4-membered cyclic amide) rings is 1. The lowest BCUT2D eigenvalue weighted by molar-refractivity contribution is -0.150. The summed E-state index contributed by atoms with van der Waals surface area (Å²) in [6, 6.07) is 0.637. The maximum Gasteiger partial charge on any atom is 0.352 e. The quantitative estimate of drug-likeness (QED) is 0.0854. The summed E-state index contributed by atoms with van der Waals surface area (Å²) in [5, 5.41) is 18.1. The first-order chi connectivity index (χ1) is 18.2. The largest absolute Gasteiger partial charge is 0.477 e. The second-order valence-corrected chi connectivity index (χ2v) is 10.7. The molecule has 38 heavy (non-hydrogen) atoms. The van der Waals surface area contributed by atoms with Crippen LogP contribution in [0.3, 0.4) is 0 Å². The molecule has 0 saturated carbocycles. The average Bonchev–Trinajstić information content (AvgIpc) is 3.29. The number of allylic oxidation sites excluding steroid dienone is 1. The van der Waals surface area contributed by atoms with E-state index in [2.05, 4.69) is 25.4 Å². The Balaban J connectivity index is 1.45. The lowest BCUT2D eigenvalue weighted by Gasteiger charge is -2.49. The number of anilines is 3. The van der Waals surface area contributed by atoms with E-state index in [1.54, 1.807) is 30.5 Å². The average molecular weight is 578 g/mol. The SMILES string of the molecule is CCO/N=C(\C(=O)N[C@@H]1C(=O)N2C(C(=O)O)=C(/C=C/CSc3cc(N)nc(N)n3)CS[C@H]12)c1csc(N)n1. The maximum absolute atomic E-state index is 13.0. The van der Waals surface area contributed by atoms with Gasteiger partial charge in [-0.1, -0.05) is 17.3 Å². The Kier molecular flexibility index (Phi) is 8.38. The maximum atomic E-state index is 13.0. The number of thioether (sulfide) groups is 2. The number of nitrogens with one attached hydrogen (secondary N) is 1. The van der Waals surface area contributed by atoms with E-state index in [0.29, 0.717) is 22.1 Å². The number of aliphatic carboxylic acids is 1. The number of thiazole rings is 1. The molecule has 2 aromatic heterocycles. The van der Waals surface area contributed by atoms with Crippen molar-refractivity contribution in [1.82, 2.24) is 25.2 Å². The number of carboxylic acids is 1. The van der Waals surface area contributed by atoms with Gasteiger partial charge in [-0.15, -0.1) is 34.9 Å². The van der Waals surface area contributed by atoms with Gasteiger partial charge in [0.15, 0.2) is 10.8 Å². The molecule has 2 aliphatic rings. The summed E-state index contributed by atoms with van der Waals surface area (Å²) in [6.45, 7) is 1.92. The minimum atomic E-state index is -1.24. The number of oxime groups is 1.